The topological polar surface area (TPSA) is 70.6 Å². The molecular formula is C14H21BrFN3O2S. The van der Waals surface area contributed by atoms with Crippen molar-refractivity contribution in [3.8, 4) is 0 Å². The van der Waals surface area contributed by atoms with Gasteiger partial charge in [0.15, 0.2) is 5.96 Å². The van der Waals surface area contributed by atoms with Crippen LogP contribution in [0.5, 0.6) is 0 Å². The molecule has 0 radical (unpaired) electrons. The Kier molecular flexibility index (Phi) is 7.28. The number of benzene rings is 1. The average molecular weight is 394 g/mol. The van der Waals surface area contributed by atoms with Crippen LogP contribution in [0.1, 0.15) is 18.9 Å². The number of hydrogen-bond acceptors (Lipinski definition) is 3. The molecular weight excluding hydrogens is 373 g/mol. The number of sulfone groups is 1. The summed E-state index contributed by atoms with van der Waals surface area (Å²) in [5.41, 5.74) is 0.770. The van der Waals surface area contributed by atoms with Gasteiger partial charge in [-0.25, -0.2) is 12.8 Å². The Morgan fingerprint density at radius 2 is 2.14 bits per heavy atom. The molecule has 0 amide bonds. The third kappa shape index (κ3) is 7.22. The summed E-state index contributed by atoms with van der Waals surface area (Å²) in [6, 6.07) is 4.43. The monoisotopic (exact) mass is 393 g/mol. The minimum Gasteiger partial charge on any atom is -0.354 e. The Hall–Kier alpha value is -1.15. The summed E-state index contributed by atoms with van der Waals surface area (Å²) in [5, 5.41) is 6.18. The lowest BCUT2D eigenvalue weighted by molar-refractivity contribution is 0.581. The van der Waals surface area contributed by atoms with Crippen LogP contribution in [0.3, 0.4) is 0 Å². The van der Waals surface area contributed by atoms with E-state index in [0.717, 1.165) is 10.0 Å². The zero-order valence-corrected chi connectivity index (χ0v) is 15.3. The van der Waals surface area contributed by atoms with Crippen LogP contribution in [0.2, 0.25) is 0 Å². The van der Waals surface area contributed by atoms with Crippen molar-refractivity contribution >= 4 is 31.7 Å². The van der Waals surface area contributed by atoms with Crippen molar-refractivity contribution in [3.63, 3.8) is 0 Å². The molecule has 1 rings (SSSR count). The Bertz CT molecular complexity index is 635. The first kappa shape index (κ1) is 18.9. The molecule has 8 heteroatoms. The zero-order chi connectivity index (χ0) is 16.8. The summed E-state index contributed by atoms with van der Waals surface area (Å²) in [5.74, 6) is 0.356. The number of aliphatic imine (C=N–C) groups is 1. The van der Waals surface area contributed by atoms with Crippen LogP contribution in [-0.2, 0) is 16.4 Å². The quantitative estimate of drug-likeness (QED) is 0.573. The largest absolute Gasteiger partial charge is 0.354 e. The summed E-state index contributed by atoms with van der Waals surface area (Å²) in [6.45, 7) is 2.28. The Morgan fingerprint density at radius 3 is 2.73 bits per heavy atom. The third-order valence-electron chi connectivity index (χ3n) is 2.98. The normalized spacial score (nSPS) is 13.8. The van der Waals surface area contributed by atoms with Crippen LogP contribution in [0.15, 0.2) is 27.7 Å². The molecule has 0 heterocycles. The molecule has 0 aliphatic heterocycles. The van der Waals surface area contributed by atoms with Gasteiger partial charge < -0.3 is 10.6 Å². The first-order valence-electron chi connectivity index (χ1n) is 6.80. The van der Waals surface area contributed by atoms with E-state index in [-0.39, 0.29) is 17.6 Å². The molecule has 1 atom stereocenters. The van der Waals surface area contributed by atoms with Gasteiger partial charge >= 0.3 is 0 Å². The Labute approximate surface area is 139 Å². The fraction of sp³-hybridized carbons (Fsp3) is 0.500. The predicted octanol–water partition coefficient (Wildman–Crippen LogP) is 2.08. The highest BCUT2D eigenvalue weighted by Crippen LogP contribution is 2.17. The molecule has 2 N–H and O–H groups in total. The maximum absolute atomic E-state index is 13.2. The van der Waals surface area contributed by atoms with Crippen molar-refractivity contribution < 1.29 is 12.8 Å². The Morgan fingerprint density at radius 1 is 1.45 bits per heavy atom. The molecule has 0 spiro atoms. The third-order valence-corrected chi connectivity index (χ3v) is 4.73. The van der Waals surface area contributed by atoms with Gasteiger partial charge in [0.05, 0.1) is 5.75 Å². The van der Waals surface area contributed by atoms with E-state index in [4.69, 9.17) is 0 Å². The van der Waals surface area contributed by atoms with Gasteiger partial charge in [0.1, 0.15) is 15.7 Å². The number of nitrogens with one attached hydrogen (secondary N) is 2. The fourth-order valence-corrected chi connectivity index (χ4v) is 2.92. The highest BCUT2D eigenvalue weighted by molar-refractivity contribution is 9.10. The van der Waals surface area contributed by atoms with E-state index in [1.54, 1.807) is 13.1 Å². The van der Waals surface area contributed by atoms with Gasteiger partial charge in [-0.3, -0.25) is 4.99 Å². The van der Waals surface area contributed by atoms with Crippen LogP contribution in [0.4, 0.5) is 4.39 Å². The van der Waals surface area contributed by atoms with Gasteiger partial charge in [0, 0.05) is 30.4 Å². The van der Waals surface area contributed by atoms with Gasteiger partial charge in [-0.05, 0) is 37.1 Å². The first-order valence-corrected chi connectivity index (χ1v) is 9.65. The number of nitrogens with zero attached hydrogens (tertiary/aromatic N) is 1. The molecule has 124 valence electrons. The van der Waals surface area contributed by atoms with Crippen LogP contribution < -0.4 is 10.6 Å². The van der Waals surface area contributed by atoms with Crippen molar-refractivity contribution in [2.24, 2.45) is 4.99 Å². The fourth-order valence-electron chi connectivity index (χ4n) is 1.75. The number of halogens is 2. The van der Waals surface area contributed by atoms with Gasteiger partial charge in [-0.1, -0.05) is 15.9 Å². The van der Waals surface area contributed by atoms with E-state index in [1.807, 2.05) is 6.92 Å². The highest BCUT2D eigenvalue weighted by atomic mass is 79.9. The molecule has 22 heavy (non-hydrogen) atoms. The van der Waals surface area contributed by atoms with E-state index < -0.39 is 9.84 Å². The van der Waals surface area contributed by atoms with Gasteiger partial charge in [0.25, 0.3) is 0 Å². The van der Waals surface area contributed by atoms with Crippen LogP contribution >= 0.6 is 15.9 Å². The molecule has 0 saturated carbocycles. The van der Waals surface area contributed by atoms with Crippen LogP contribution in [0.25, 0.3) is 0 Å². The SMILES string of the molecule is CN=C(NCc1cc(F)ccc1Br)NC(C)CCS(C)(=O)=O. The molecule has 1 aromatic rings. The first-order chi connectivity index (χ1) is 10.2. The van der Waals surface area contributed by atoms with E-state index in [2.05, 4.69) is 31.6 Å². The van der Waals surface area contributed by atoms with Crippen LogP contribution in [-0.4, -0.2) is 39.5 Å². The molecule has 0 aliphatic rings. The van der Waals surface area contributed by atoms with Crippen molar-refractivity contribution in [3.05, 3.63) is 34.1 Å². The van der Waals surface area contributed by atoms with E-state index in [9.17, 15) is 12.8 Å². The van der Waals surface area contributed by atoms with Crippen molar-refractivity contribution in [2.75, 3.05) is 19.1 Å². The lowest BCUT2D eigenvalue weighted by Gasteiger charge is -2.18. The van der Waals surface area contributed by atoms with Gasteiger partial charge in [-0.2, -0.15) is 0 Å². The summed E-state index contributed by atoms with van der Waals surface area (Å²) in [7, 11) is -1.35. The van der Waals surface area contributed by atoms with E-state index in [0.29, 0.717) is 18.9 Å². The minimum atomic E-state index is -2.98. The maximum Gasteiger partial charge on any atom is 0.191 e. The summed E-state index contributed by atoms with van der Waals surface area (Å²) >= 11 is 3.37. The van der Waals surface area contributed by atoms with Crippen molar-refractivity contribution in [1.82, 2.24) is 10.6 Å². The smallest absolute Gasteiger partial charge is 0.191 e. The second-order valence-corrected chi connectivity index (χ2v) is 8.24. The number of rotatable bonds is 6. The molecule has 0 fully saturated rings. The molecule has 0 aromatic heterocycles. The molecule has 1 unspecified atom stereocenters. The van der Waals surface area contributed by atoms with Gasteiger partial charge in [0.2, 0.25) is 0 Å². The van der Waals surface area contributed by atoms with Crippen molar-refractivity contribution in [2.45, 2.75) is 25.9 Å². The second kappa shape index (κ2) is 8.47. The standard InChI is InChI=1S/C14H21BrFN3O2S/c1-10(6-7-22(3,20)21)19-14(17-2)18-9-11-8-12(16)4-5-13(11)15/h4-5,8,10H,6-7,9H2,1-3H3,(H2,17,18,19). The summed E-state index contributed by atoms with van der Waals surface area (Å²) in [6.07, 6.45) is 1.71. The van der Waals surface area contributed by atoms with Crippen LogP contribution in [0, 0.1) is 5.82 Å². The van der Waals surface area contributed by atoms with E-state index in [1.165, 1.54) is 18.4 Å². The number of hydrogen-bond donors (Lipinski definition) is 2. The predicted molar refractivity (Wildman–Crippen MR) is 91.2 cm³/mol. The number of guanidine groups is 1. The molecule has 5 nitrogen and oxygen atoms in total. The molecule has 0 aliphatic carbocycles. The average Bonchev–Trinajstić information content (AvgIpc) is 2.43. The van der Waals surface area contributed by atoms with Gasteiger partial charge in [-0.15, -0.1) is 0 Å². The summed E-state index contributed by atoms with van der Waals surface area (Å²) in [4.78, 5) is 4.08. The second-order valence-electron chi connectivity index (χ2n) is 5.13. The highest BCUT2D eigenvalue weighted by Gasteiger charge is 2.10. The minimum absolute atomic E-state index is 0.0446. The van der Waals surface area contributed by atoms with Crippen molar-refractivity contribution in [1.29, 1.82) is 0 Å². The van der Waals surface area contributed by atoms with E-state index >= 15 is 0 Å². The lowest BCUT2D eigenvalue weighted by Crippen LogP contribution is -2.42. The molecule has 0 bridgehead atoms. The molecule has 1 aromatic carbocycles. The lowest BCUT2D eigenvalue weighted by atomic mass is 10.2. The maximum atomic E-state index is 13.2. The Balaban J connectivity index is 2.54. The zero-order valence-electron chi connectivity index (χ0n) is 12.9. The summed E-state index contributed by atoms with van der Waals surface area (Å²) < 4.78 is 36.3. The molecule has 0 saturated heterocycles.